The fourth-order valence-corrected chi connectivity index (χ4v) is 5.18. The molecule has 1 saturated carbocycles. The lowest BCUT2D eigenvalue weighted by Gasteiger charge is -2.39. The summed E-state index contributed by atoms with van der Waals surface area (Å²) < 4.78 is 3.97. The fraction of sp³-hybridized carbons (Fsp3) is 0.444. The van der Waals surface area contributed by atoms with Crippen molar-refractivity contribution in [3.05, 3.63) is 70.5 Å². The average molecular weight is 472 g/mol. The number of hydrogen-bond donors (Lipinski definition) is 1. The number of imidazole rings is 1. The summed E-state index contributed by atoms with van der Waals surface area (Å²) in [7, 11) is 0. The molecule has 1 aliphatic carbocycles. The third kappa shape index (κ3) is 4.57. The van der Waals surface area contributed by atoms with Crippen molar-refractivity contribution in [3.8, 4) is 22.6 Å². The highest BCUT2D eigenvalue weighted by atomic mass is 16.1. The first-order valence-electron chi connectivity index (χ1n) is 12.7. The number of nitrogens with zero attached hydrogens (tertiary/aromatic N) is 6. The van der Waals surface area contributed by atoms with Crippen LogP contribution in [0, 0.1) is 11.8 Å². The van der Waals surface area contributed by atoms with Crippen LogP contribution in [0.25, 0.3) is 22.6 Å². The molecular weight excluding hydrogens is 438 g/mol. The van der Waals surface area contributed by atoms with Crippen molar-refractivity contribution >= 4 is 0 Å². The molecule has 1 fully saturated rings. The molecule has 0 radical (unpaired) electrons. The summed E-state index contributed by atoms with van der Waals surface area (Å²) in [6.45, 7) is 7.25. The lowest BCUT2D eigenvalue weighted by Crippen LogP contribution is -2.38. The van der Waals surface area contributed by atoms with Crippen LogP contribution in [0.1, 0.15) is 63.8 Å². The molecular formula is C27H33N7O. The molecule has 4 aromatic rings. The number of hydrogen-bond acceptors (Lipinski definition) is 5. The summed E-state index contributed by atoms with van der Waals surface area (Å²) >= 11 is 0. The Labute approximate surface area is 205 Å². The van der Waals surface area contributed by atoms with Gasteiger partial charge < -0.3 is 0 Å². The number of aryl methyl sites for hydroxylation is 1. The monoisotopic (exact) mass is 471 g/mol. The second-order valence-corrected chi connectivity index (χ2v) is 9.89. The van der Waals surface area contributed by atoms with Crippen molar-refractivity contribution in [3.63, 3.8) is 0 Å². The van der Waals surface area contributed by atoms with Crippen LogP contribution >= 0.6 is 0 Å². The van der Waals surface area contributed by atoms with Crippen molar-refractivity contribution in [2.24, 2.45) is 11.8 Å². The van der Waals surface area contributed by atoms with E-state index in [9.17, 15) is 4.79 Å². The smallest absolute Gasteiger partial charge is 0.296 e. The van der Waals surface area contributed by atoms with E-state index in [4.69, 9.17) is 4.98 Å². The number of benzene rings is 1. The third-order valence-corrected chi connectivity index (χ3v) is 7.33. The largest absolute Gasteiger partial charge is 0.328 e. The van der Waals surface area contributed by atoms with Gasteiger partial charge in [-0.25, -0.2) is 4.79 Å². The second kappa shape index (κ2) is 9.98. The zero-order valence-electron chi connectivity index (χ0n) is 20.7. The number of unbranched alkanes of at least 4 members (excludes halogenated alkanes) is 1. The van der Waals surface area contributed by atoms with E-state index in [0.717, 1.165) is 53.8 Å². The van der Waals surface area contributed by atoms with Gasteiger partial charge in [0.1, 0.15) is 0 Å². The fourth-order valence-electron chi connectivity index (χ4n) is 5.18. The zero-order valence-corrected chi connectivity index (χ0v) is 20.7. The van der Waals surface area contributed by atoms with E-state index in [0.29, 0.717) is 30.2 Å². The van der Waals surface area contributed by atoms with Crippen LogP contribution in [0.4, 0.5) is 0 Å². The Morgan fingerprint density at radius 1 is 1.11 bits per heavy atom. The van der Waals surface area contributed by atoms with Crippen molar-refractivity contribution in [2.75, 3.05) is 0 Å². The molecule has 8 nitrogen and oxygen atoms in total. The van der Waals surface area contributed by atoms with Gasteiger partial charge >= 0.3 is 5.69 Å². The van der Waals surface area contributed by atoms with Crippen LogP contribution in [0.3, 0.4) is 0 Å². The van der Waals surface area contributed by atoms with E-state index in [1.165, 1.54) is 6.42 Å². The number of pyridine rings is 1. The third-order valence-electron chi connectivity index (χ3n) is 7.33. The number of tetrazole rings is 1. The molecule has 2 unspecified atom stereocenters. The predicted molar refractivity (Wildman–Crippen MR) is 136 cm³/mol. The Balaban J connectivity index is 1.43. The zero-order chi connectivity index (χ0) is 24.4. The van der Waals surface area contributed by atoms with Crippen LogP contribution in [-0.4, -0.2) is 34.7 Å². The highest BCUT2D eigenvalue weighted by Gasteiger charge is 2.36. The molecule has 3 heterocycles. The predicted octanol–water partition coefficient (Wildman–Crippen LogP) is 4.89. The normalized spacial score (nSPS) is 17.6. The van der Waals surface area contributed by atoms with Gasteiger partial charge in [0.05, 0.1) is 12.2 Å². The first-order chi connectivity index (χ1) is 17.1. The Kier molecular flexibility index (Phi) is 6.61. The number of rotatable bonds is 9. The first-order valence-corrected chi connectivity index (χ1v) is 12.7. The van der Waals surface area contributed by atoms with E-state index >= 15 is 0 Å². The van der Waals surface area contributed by atoms with Crippen LogP contribution in [0.5, 0.6) is 0 Å². The first kappa shape index (κ1) is 23.2. The molecule has 3 aromatic heterocycles. The molecule has 0 amide bonds. The second-order valence-electron chi connectivity index (χ2n) is 9.89. The standard InChI is InChI=1S/C27H33N7O/c1-4-5-8-20-17-34(25-14-12-21(25)18(2)3)27(35)33(20)16-19-11-13-24(28-15-19)22-9-6-7-10-23(22)26-29-31-32-30-26/h6-7,9-11,13,15,17-18,21,25H,4-5,8,12,14,16H2,1-3H3,(H,29,30,31,32). The van der Waals surface area contributed by atoms with Gasteiger partial charge in [0.25, 0.3) is 0 Å². The number of aromatic amines is 1. The number of H-pyrrole nitrogens is 1. The van der Waals surface area contributed by atoms with Crippen LogP contribution in [-0.2, 0) is 13.0 Å². The maximum absolute atomic E-state index is 13.5. The maximum atomic E-state index is 13.5. The molecule has 0 bridgehead atoms. The summed E-state index contributed by atoms with van der Waals surface area (Å²) in [5.74, 6) is 1.72. The SMILES string of the molecule is CCCCc1cn(C2CCC2C(C)C)c(=O)n1Cc1ccc(-c2ccccc2-c2nn[nH]n2)nc1. The van der Waals surface area contributed by atoms with E-state index < -0.39 is 0 Å². The topological polar surface area (TPSA) is 94.3 Å². The number of nitrogens with one attached hydrogen (secondary N) is 1. The summed E-state index contributed by atoms with van der Waals surface area (Å²) in [4.78, 5) is 18.2. The molecule has 182 valence electrons. The van der Waals surface area contributed by atoms with E-state index in [1.807, 2.05) is 45.7 Å². The minimum atomic E-state index is 0.109. The van der Waals surface area contributed by atoms with E-state index in [2.05, 4.69) is 53.7 Å². The summed E-state index contributed by atoms with van der Waals surface area (Å²) in [6, 6.07) is 12.3. The van der Waals surface area contributed by atoms with Crippen molar-refractivity contribution in [2.45, 2.75) is 65.5 Å². The Morgan fingerprint density at radius 3 is 2.57 bits per heavy atom. The molecule has 1 aromatic carbocycles. The number of aromatic nitrogens is 7. The molecule has 0 aliphatic heterocycles. The van der Waals surface area contributed by atoms with Crippen LogP contribution in [0.15, 0.2) is 53.6 Å². The van der Waals surface area contributed by atoms with Crippen molar-refractivity contribution in [1.29, 1.82) is 0 Å². The minimum Gasteiger partial charge on any atom is -0.296 e. The average Bonchev–Trinajstić information content (AvgIpc) is 3.47. The molecule has 2 atom stereocenters. The van der Waals surface area contributed by atoms with E-state index in [1.54, 1.807) is 0 Å². The van der Waals surface area contributed by atoms with Gasteiger partial charge in [-0.2, -0.15) is 5.21 Å². The van der Waals surface area contributed by atoms with Crippen molar-refractivity contribution < 1.29 is 0 Å². The molecule has 35 heavy (non-hydrogen) atoms. The Morgan fingerprint density at radius 2 is 1.94 bits per heavy atom. The van der Waals surface area contributed by atoms with Gasteiger partial charge in [-0.3, -0.25) is 14.1 Å². The highest BCUT2D eigenvalue weighted by molar-refractivity contribution is 5.78. The minimum absolute atomic E-state index is 0.109. The Bertz CT molecular complexity index is 1320. The molecule has 5 rings (SSSR count). The molecule has 0 spiro atoms. The Hall–Kier alpha value is -3.55. The lowest BCUT2D eigenvalue weighted by molar-refractivity contribution is 0.125. The summed E-state index contributed by atoms with van der Waals surface area (Å²) in [5, 5.41) is 14.4. The van der Waals surface area contributed by atoms with Gasteiger partial charge in [-0.05, 0) is 54.4 Å². The highest BCUT2D eigenvalue weighted by Crippen LogP contribution is 2.42. The van der Waals surface area contributed by atoms with Crippen molar-refractivity contribution in [1.82, 2.24) is 34.7 Å². The quantitative estimate of drug-likeness (QED) is 0.375. The summed E-state index contributed by atoms with van der Waals surface area (Å²) in [6.07, 6.45) is 9.40. The molecule has 1 aliphatic rings. The van der Waals surface area contributed by atoms with E-state index in [-0.39, 0.29) is 5.69 Å². The molecule has 8 heteroatoms. The summed E-state index contributed by atoms with van der Waals surface area (Å²) in [5.41, 5.74) is 4.89. The molecule has 1 N–H and O–H groups in total. The van der Waals surface area contributed by atoms with Gasteiger partial charge in [-0.15, -0.1) is 10.2 Å². The van der Waals surface area contributed by atoms with Crippen LogP contribution < -0.4 is 5.69 Å². The van der Waals surface area contributed by atoms with Crippen LogP contribution in [0.2, 0.25) is 0 Å². The van der Waals surface area contributed by atoms with Gasteiger partial charge in [0.15, 0.2) is 0 Å². The molecule has 0 saturated heterocycles. The maximum Gasteiger partial charge on any atom is 0.328 e. The van der Waals surface area contributed by atoms with Gasteiger partial charge in [0.2, 0.25) is 5.82 Å². The van der Waals surface area contributed by atoms with Gasteiger partial charge in [0, 0.05) is 35.3 Å². The van der Waals surface area contributed by atoms with Gasteiger partial charge in [-0.1, -0.05) is 57.5 Å². The lowest BCUT2D eigenvalue weighted by atomic mass is 9.72.